The average Bonchev–Trinajstić information content (AvgIpc) is 3.67. The van der Waals surface area contributed by atoms with Gasteiger partial charge in [-0.2, -0.15) is 5.26 Å². The summed E-state index contributed by atoms with van der Waals surface area (Å²) in [5, 5.41) is 18.2. The van der Waals surface area contributed by atoms with Crippen molar-refractivity contribution in [2.75, 3.05) is 13.1 Å². The molecule has 2 heterocycles. The largest absolute Gasteiger partial charge is 0.356 e. The molecule has 3 N–H and O–H groups in total. The summed E-state index contributed by atoms with van der Waals surface area (Å²) in [6, 6.07) is 3.12. The van der Waals surface area contributed by atoms with Gasteiger partial charge in [0.2, 0.25) is 23.6 Å². The van der Waals surface area contributed by atoms with Crippen LogP contribution in [0.25, 0.3) is 0 Å². The van der Waals surface area contributed by atoms with E-state index in [1.54, 1.807) is 4.90 Å². The maximum atomic E-state index is 14.1. The van der Waals surface area contributed by atoms with Crippen molar-refractivity contribution < 1.29 is 28.0 Å². The minimum Gasteiger partial charge on any atom is -0.356 e. The molecular weight excluding hydrogens is 544 g/mol. The van der Waals surface area contributed by atoms with E-state index in [-0.39, 0.29) is 53.2 Å². The minimum absolute atomic E-state index is 0.0897. The molecule has 4 aliphatic rings. The lowest BCUT2D eigenvalue weighted by Gasteiger charge is -2.38. The molecule has 2 saturated carbocycles. The van der Waals surface area contributed by atoms with Gasteiger partial charge in [-0.15, -0.1) is 0 Å². The lowest BCUT2D eigenvalue weighted by Crippen LogP contribution is -2.60. The molecule has 2 aliphatic heterocycles. The van der Waals surface area contributed by atoms with Gasteiger partial charge in [-0.3, -0.25) is 19.2 Å². The molecule has 0 radical (unpaired) electrons. The SMILES string of the molecule is CC(C)(C)C(NC(=O)[C@@H]1C[C@H]1c1ccc(F)c(F)c1)C(=O)N1CC2C(C1C(=O)NC(C#N)C[C@@H]1CCNC1=O)C2(C)C. The van der Waals surface area contributed by atoms with Gasteiger partial charge in [0.1, 0.15) is 18.1 Å². The molecule has 5 rings (SSSR count). The first-order valence-corrected chi connectivity index (χ1v) is 14.7. The molecule has 2 saturated heterocycles. The zero-order valence-corrected chi connectivity index (χ0v) is 24.7. The van der Waals surface area contributed by atoms with Gasteiger partial charge >= 0.3 is 0 Å². The van der Waals surface area contributed by atoms with Crippen molar-refractivity contribution in [3.63, 3.8) is 0 Å². The van der Waals surface area contributed by atoms with Crippen LogP contribution in [0.15, 0.2) is 18.2 Å². The number of rotatable bonds is 8. The number of carbonyl (C=O) groups excluding carboxylic acids is 4. The van der Waals surface area contributed by atoms with Crippen molar-refractivity contribution in [3.8, 4) is 6.07 Å². The van der Waals surface area contributed by atoms with Crippen LogP contribution < -0.4 is 16.0 Å². The van der Waals surface area contributed by atoms with E-state index in [1.165, 1.54) is 6.07 Å². The third kappa shape index (κ3) is 5.48. The van der Waals surface area contributed by atoms with E-state index < -0.39 is 47.0 Å². The number of fused-ring (bicyclic) bond motifs is 1. The summed E-state index contributed by atoms with van der Waals surface area (Å²) in [5.41, 5.74) is -0.306. The normalized spacial score (nSPS) is 30.4. The Bertz CT molecular complexity index is 1350. The van der Waals surface area contributed by atoms with Gasteiger partial charge in [0, 0.05) is 24.9 Å². The smallest absolute Gasteiger partial charge is 0.246 e. The van der Waals surface area contributed by atoms with E-state index in [4.69, 9.17) is 0 Å². The molecule has 0 aromatic heterocycles. The highest BCUT2D eigenvalue weighted by atomic mass is 19.2. The summed E-state index contributed by atoms with van der Waals surface area (Å²) < 4.78 is 27.1. The van der Waals surface area contributed by atoms with Gasteiger partial charge in [0.05, 0.1) is 6.07 Å². The van der Waals surface area contributed by atoms with Crippen LogP contribution in [0.1, 0.15) is 65.4 Å². The summed E-state index contributed by atoms with van der Waals surface area (Å²) in [5.74, 6) is -4.25. The zero-order valence-electron chi connectivity index (χ0n) is 24.7. The van der Waals surface area contributed by atoms with E-state index >= 15 is 0 Å². The van der Waals surface area contributed by atoms with E-state index in [0.29, 0.717) is 31.5 Å². The maximum absolute atomic E-state index is 14.1. The van der Waals surface area contributed by atoms with E-state index in [1.807, 2.05) is 20.8 Å². The monoisotopic (exact) mass is 583 g/mol. The predicted molar refractivity (Wildman–Crippen MR) is 148 cm³/mol. The first-order valence-electron chi connectivity index (χ1n) is 14.7. The fraction of sp³-hybridized carbons (Fsp3) is 0.645. The molecule has 8 atom stereocenters. The van der Waals surface area contributed by atoms with Crippen LogP contribution in [0, 0.1) is 57.5 Å². The third-order valence-corrected chi connectivity index (χ3v) is 9.81. The van der Waals surface area contributed by atoms with Crippen molar-refractivity contribution in [1.29, 1.82) is 5.26 Å². The van der Waals surface area contributed by atoms with Crippen LogP contribution >= 0.6 is 0 Å². The second-order valence-corrected chi connectivity index (χ2v) is 14.0. The van der Waals surface area contributed by atoms with Gasteiger partial charge in [-0.1, -0.05) is 40.7 Å². The number of halogens is 2. The highest BCUT2D eigenvalue weighted by Gasteiger charge is 2.70. The highest BCUT2D eigenvalue weighted by Crippen LogP contribution is 2.65. The Kier molecular flexibility index (Phi) is 7.57. The van der Waals surface area contributed by atoms with Crippen molar-refractivity contribution in [2.24, 2.45) is 34.5 Å². The number of carbonyl (C=O) groups is 4. The number of nitrogens with zero attached hydrogens (tertiary/aromatic N) is 2. The molecule has 42 heavy (non-hydrogen) atoms. The fourth-order valence-corrected chi connectivity index (χ4v) is 7.03. The number of piperidine rings is 1. The van der Waals surface area contributed by atoms with Crippen LogP contribution in [-0.2, 0) is 19.2 Å². The fourth-order valence-electron chi connectivity index (χ4n) is 7.03. The molecule has 0 spiro atoms. The standard InChI is InChI=1S/C31H39F2N5O4/c1-30(2,3)25(37-27(40)19-12-18(19)15-6-7-21(32)22(33)11-15)29(42)38-14-20-23(31(20,4)5)24(38)28(41)36-17(13-34)10-16-8-9-35-26(16)39/h6-7,11,16-20,23-25H,8-10,12,14H2,1-5H3,(H,35,39)(H,36,41)(H,37,40)/t16-,17?,18-,19+,20?,23?,24?,25?/m0/s1. The van der Waals surface area contributed by atoms with Crippen LogP contribution in [0.5, 0.6) is 0 Å². The first-order chi connectivity index (χ1) is 19.6. The molecule has 1 aromatic rings. The zero-order chi connectivity index (χ0) is 30.7. The van der Waals surface area contributed by atoms with Crippen LogP contribution in [-0.4, -0.2) is 59.7 Å². The van der Waals surface area contributed by atoms with Crippen molar-refractivity contribution in [3.05, 3.63) is 35.4 Å². The van der Waals surface area contributed by atoms with Crippen LogP contribution in [0.3, 0.4) is 0 Å². The van der Waals surface area contributed by atoms with Crippen LogP contribution in [0.4, 0.5) is 8.78 Å². The van der Waals surface area contributed by atoms with Crippen molar-refractivity contribution in [2.45, 2.75) is 77.9 Å². The lowest BCUT2D eigenvalue weighted by atomic mass is 9.85. The summed E-state index contributed by atoms with van der Waals surface area (Å²) in [4.78, 5) is 54.6. The molecule has 0 bridgehead atoms. The molecular formula is C31H39F2N5O4. The number of likely N-dealkylation sites (tertiary alicyclic amines) is 1. The minimum atomic E-state index is -0.966. The molecule has 5 unspecified atom stereocenters. The quantitative estimate of drug-likeness (QED) is 0.433. The number of hydrogen-bond acceptors (Lipinski definition) is 5. The number of nitrogens with one attached hydrogen (secondary N) is 3. The Morgan fingerprint density at radius 1 is 1.17 bits per heavy atom. The lowest BCUT2D eigenvalue weighted by molar-refractivity contribution is -0.145. The van der Waals surface area contributed by atoms with Gasteiger partial charge in [0.25, 0.3) is 0 Å². The van der Waals surface area contributed by atoms with Gasteiger partial charge in [0.15, 0.2) is 11.6 Å². The van der Waals surface area contributed by atoms with Crippen LogP contribution in [0.2, 0.25) is 0 Å². The van der Waals surface area contributed by atoms with E-state index in [9.17, 15) is 33.2 Å². The number of amides is 4. The van der Waals surface area contributed by atoms with E-state index in [2.05, 4.69) is 35.9 Å². The summed E-state index contributed by atoms with van der Waals surface area (Å²) in [6.45, 7) is 10.5. The van der Waals surface area contributed by atoms with Crippen molar-refractivity contribution in [1.82, 2.24) is 20.9 Å². The molecule has 11 heteroatoms. The summed E-state index contributed by atoms with van der Waals surface area (Å²) >= 11 is 0. The summed E-state index contributed by atoms with van der Waals surface area (Å²) in [6.07, 6.45) is 1.26. The van der Waals surface area contributed by atoms with Gasteiger partial charge in [-0.05, 0) is 65.5 Å². The Morgan fingerprint density at radius 2 is 1.88 bits per heavy atom. The first kappa shape index (κ1) is 29.9. The predicted octanol–water partition coefficient (Wildman–Crippen LogP) is 2.62. The summed E-state index contributed by atoms with van der Waals surface area (Å²) in [7, 11) is 0. The average molecular weight is 584 g/mol. The molecule has 2 aliphatic carbocycles. The molecule has 9 nitrogen and oxygen atoms in total. The second-order valence-electron chi connectivity index (χ2n) is 14.0. The van der Waals surface area contributed by atoms with E-state index in [0.717, 1.165) is 12.1 Å². The number of hydrogen-bond donors (Lipinski definition) is 3. The molecule has 1 aromatic carbocycles. The number of nitriles is 1. The topological polar surface area (TPSA) is 131 Å². The second kappa shape index (κ2) is 10.6. The molecule has 4 fully saturated rings. The van der Waals surface area contributed by atoms with Gasteiger partial charge < -0.3 is 20.9 Å². The maximum Gasteiger partial charge on any atom is 0.246 e. The third-order valence-electron chi connectivity index (χ3n) is 9.81. The Morgan fingerprint density at radius 3 is 2.48 bits per heavy atom. The molecule has 4 amide bonds. The highest BCUT2D eigenvalue weighted by molar-refractivity contribution is 5.95. The Hall–Kier alpha value is -3.55. The molecule has 226 valence electrons. The van der Waals surface area contributed by atoms with Crippen molar-refractivity contribution >= 4 is 23.6 Å². The number of benzene rings is 1. The Labute approximate surface area is 244 Å². The Balaban J connectivity index is 1.30. The van der Waals surface area contributed by atoms with Gasteiger partial charge in [-0.25, -0.2) is 8.78 Å².